The van der Waals surface area contributed by atoms with Crippen LogP contribution in [0.25, 0.3) is 0 Å². The summed E-state index contributed by atoms with van der Waals surface area (Å²) in [6.45, 7) is 5.21. The van der Waals surface area contributed by atoms with Crippen LogP contribution < -0.4 is 0 Å². The molecule has 0 N–H and O–H groups in total. The molecule has 2 aliphatic heterocycles. The first-order valence-electron chi connectivity index (χ1n) is 6.18. The molecule has 5 nitrogen and oxygen atoms in total. The lowest BCUT2D eigenvalue weighted by Crippen LogP contribution is -2.46. The second-order valence-corrected chi connectivity index (χ2v) is 4.77. The molecule has 0 radical (unpaired) electrons. The molecule has 0 aromatic rings. The van der Waals surface area contributed by atoms with Crippen LogP contribution in [-0.4, -0.2) is 48.2 Å². The normalized spacial score (nSPS) is 27.5. The van der Waals surface area contributed by atoms with Crippen molar-refractivity contribution in [3.63, 3.8) is 0 Å². The Hall–Kier alpha value is -1.10. The molecule has 0 bridgehead atoms. The SMILES string of the molecule is CCOC(=O)N1CCC2(CC1)CC(=O)[C@H](C)O2. The van der Waals surface area contributed by atoms with E-state index in [9.17, 15) is 9.59 Å². The van der Waals surface area contributed by atoms with Crippen LogP contribution in [0.2, 0.25) is 0 Å². The quantitative estimate of drug-likeness (QED) is 0.695. The van der Waals surface area contributed by atoms with Gasteiger partial charge in [0.2, 0.25) is 0 Å². The molecule has 1 amide bonds. The molecule has 96 valence electrons. The maximum absolute atomic E-state index is 11.5. The summed E-state index contributed by atoms with van der Waals surface area (Å²) >= 11 is 0. The van der Waals surface area contributed by atoms with Gasteiger partial charge in [-0.3, -0.25) is 4.79 Å². The molecule has 0 aromatic heterocycles. The number of Topliss-reactive ketones (excluding diaryl/α,β-unsaturated/α-hetero) is 1. The summed E-state index contributed by atoms with van der Waals surface area (Å²) in [4.78, 5) is 24.7. The number of piperidine rings is 1. The van der Waals surface area contributed by atoms with E-state index in [4.69, 9.17) is 9.47 Å². The summed E-state index contributed by atoms with van der Waals surface area (Å²) in [6.07, 6.45) is 1.39. The van der Waals surface area contributed by atoms with E-state index in [1.807, 2.05) is 0 Å². The van der Waals surface area contributed by atoms with Gasteiger partial charge in [-0.25, -0.2) is 4.79 Å². The van der Waals surface area contributed by atoms with Crippen LogP contribution in [-0.2, 0) is 14.3 Å². The van der Waals surface area contributed by atoms with E-state index in [0.717, 1.165) is 12.8 Å². The molecule has 1 atom stereocenters. The van der Waals surface area contributed by atoms with E-state index in [-0.39, 0.29) is 23.6 Å². The van der Waals surface area contributed by atoms with Gasteiger partial charge in [-0.2, -0.15) is 0 Å². The van der Waals surface area contributed by atoms with Crippen molar-refractivity contribution in [1.29, 1.82) is 0 Å². The fourth-order valence-electron chi connectivity index (χ4n) is 2.55. The monoisotopic (exact) mass is 241 g/mol. The lowest BCUT2D eigenvalue weighted by molar-refractivity contribution is -0.123. The van der Waals surface area contributed by atoms with Gasteiger partial charge in [0.1, 0.15) is 6.10 Å². The minimum absolute atomic E-state index is 0.176. The Morgan fingerprint density at radius 1 is 1.53 bits per heavy atom. The van der Waals surface area contributed by atoms with Gasteiger partial charge in [0.15, 0.2) is 5.78 Å². The van der Waals surface area contributed by atoms with Crippen molar-refractivity contribution in [2.75, 3.05) is 19.7 Å². The molecule has 0 saturated carbocycles. The lowest BCUT2D eigenvalue weighted by Gasteiger charge is -2.37. The van der Waals surface area contributed by atoms with Crippen molar-refractivity contribution in [3.05, 3.63) is 0 Å². The second-order valence-electron chi connectivity index (χ2n) is 4.77. The maximum Gasteiger partial charge on any atom is 0.409 e. The van der Waals surface area contributed by atoms with Crippen molar-refractivity contribution in [3.8, 4) is 0 Å². The molecule has 2 rings (SSSR count). The van der Waals surface area contributed by atoms with Gasteiger partial charge in [0.25, 0.3) is 0 Å². The summed E-state index contributed by atoms with van der Waals surface area (Å²) in [7, 11) is 0. The van der Waals surface area contributed by atoms with Crippen LogP contribution in [0.1, 0.15) is 33.1 Å². The summed E-state index contributed by atoms with van der Waals surface area (Å²) in [5, 5.41) is 0. The summed E-state index contributed by atoms with van der Waals surface area (Å²) in [6, 6.07) is 0. The summed E-state index contributed by atoms with van der Waals surface area (Å²) in [5.41, 5.74) is -0.320. The topological polar surface area (TPSA) is 55.8 Å². The zero-order valence-electron chi connectivity index (χ0n) is 10.4. The molecule has 1 spiro atoms. The molecule has 17 heavy (non-hydrogen) atoms. The van der Waals surface area contributed by atoms with Crippen molar-refractivity contribution in [2.24, 2.45) is 0 Å². The van der Waals surface area contributed by atoms with Crippen molar-refractivity contribution in [2.45, 2.75) is 44.8 Å². The van der Waals surface area contributed by atoms with Gasteiger partial charge in [-0.15, -0.1) is 0 Å². The maximum atomic E-state index is 11.5. The molecular weight excluding hydrogens is 222 g/mol. The van der Waals surface area contributed by atoms with Crippen molar-refractivity contribution in [1.82, 2.24) is 4.90 Å². The number of carbonyl (C=O) groups is 2. The van der Waals surface area contributed by atoms with Gasteiger partial charge in [-0.1, -0.05) is 0 Å². The summed E-state index contributed by atoms with van der Waals surface area (Å²) < 4.78 is 10.7. The van der Waals surface area contributed by atoms with E-state index < -0.39 is 0 Å². The Balaban J connectivity index is 1.90. The van der Waals surface area contributed by atoms with E-state index in [0.29, 0.717) is 26.1 Å². The van der Waals surface area contributed by atoms with Gasteiger partial charge in [-0.05, 0) is 26.7 Å². The third-order valence-corrected chi connectivity index (χ3v) is 3.58. The number of hydrogen-bond acceptors (Lipinski definition) is 4. The van der Waals surface area contributed by atoms with Crippen LogP contribution in [0.4, 0.5) is 4.79 Å². The Bertz CT molecular complexity index is 320. The molecular formula is C12H19NO4. The number of likely N-dealkylation sites (tertiary alicyclic amines) is 1. The molecule has 0 aromatic carbocycles. The van der Waals surface area contributed by atoms with E-state index >= 15 is 0 Å². The smallest absolute Gasteiger partial charge is 0.409 e. The Morgan fingerprint density at radius 3 is 2.65 bits per heavy atom. The molecule has 2 aliphatic rings. The fraction of sp³-hybridized carbons (Fsp3) is 0.833. The molecule has 5 heteroatoms. The van der Waals surface area contributed by atoms with Crippen LogP contribution in [0, 0.1) is 0 Å². The van der Waals surface area contributed by atoms with E-state index in [1.54, 1.807) is 18.7 Å². The number of nitrogens with zero attached hydrogens (tertiary/aromatic N) is 1. The zero-order valence-corrected chi connectivity index (χ0v) is 10.4. The predicted molar refractivity (Wildman–Crippen MR) is 60.7 cm³/mol. The largest absolute Gasteiger partial charge is 0.450 e. The van der Waals surface area contributed by atoms with Crippen LogP contribution in [0.15, 0.2) is 0 Å². The van der Waals surface area contributed by atoms with Gasteiger partial charge >= 0.3 is 6.09 Å². The number of amides is 1. The van der Waals surface area contributed by atoms with Gasteiger partial charge in [0.05, 0.1) is 12.2 Å². The molecule has 0 aliphatic carbocycles. The van der Waals surface area contributed by atoms with E-state index in [2.05, 4.69) is 0 Å². The first-order valence-corrected chi connectivity index (χ1v) is 6.18. The molecule has 2 saturated heterocycles. The third kappa shape index (κ3) is 2.44. The molecule has 2 fully saturated rings. The van der Waals surface area contributed by atoms with Crippen LogP contribution in [0.3, 0.4) is 0 Å². The highest BCUT2D eigenvalue weighted by Crippen LogP contribution is 2.37. The first-order chi connectivity index (χ1) is 8.06. The highest BCUT2D eigenvalue weighted by molar-refractivity contribution is 5.85. The predicted octanol–water partition coefficient (Wildman–Crippen LogP) is 1.36. The minimum Gasteiger partial charge on any atom is -0.450 e. The number of ether oxygens (including phenoxy) is 2. The first kappa shape index (κ1) is 12.4. The fourth-order valence-corrected chi connectivity index (χ4v) is 2.55. The van der Waals surface area contributed by atoms with E-state index in [1.165, 1.54) is 0 Å². The highest BCUT2D eigenvalue weighted by atomic mass is 16.6. The Labute approximate surface area is 101 Å². The minimum atomic E-state index is -0.320. The molecule has 0 unspecified atom stereocenters. The zero-order chi connectivity index (χ0) is 12.5. The summed E-state index contributed by atoms with van der Waals surface area (Å²) in [5.74, 6) is 0.176. The van der Waals surface area contributed by atoms with Crippen LogP contribution >= 0.6 is 0 Å². The lowest BCUT2D eigenvalue weighted by atomic mass is 9.88. The number of hydrogen-bond donors (Lipinski definition) is 0. The Morgan fingerprint density at radius 2 is 2.18 bits per heavy atom. The second kappa shape index (κ2) is 4.64. The van der Waals surface area contributed by atoms with Gasteiger partial charge < -0.3 is 14.4 Å². The Kier molecular flexibility index (Phi) is 3.38. The standard InChI is InChI=1S/C12H19NO4/c1-3-16-11(15)13-6-4-12(5-7-13)8-10(14)9(2)17-12/h9H,3-8H2,1-2H3/t9-/m0/s1. The van der Waals surface area contributed by atoms with Crippen molar-refractivity contribution >= 4 is 11.9 Å². The average Bonchev–Trinajstić information content (AvgIpc) is 2.55. The highest BCUT2D eigenvalue weighted by Gasteiger charge is 2.46. The average molecular weight is 241 g/mol. The third-order valence-electron chi connectivity index (χ3n) is 3.58. The number of carbonyl (C=O) groups excluding carboxylic acids is 2. The van der Waals surface area contributed by atoms with Crippen LogP contribution in [0.5, 0.6) is 0 Å². The molecule has 2 heterocycles. The van der Waals surface area contributed by atoms with Crippen molar-refractivity contribution < 1.29 is 19.1 Å². The van der Waals surface area contributed by atoms with Gasteiger partial charge in [0, 0.05) is 19.5 Å². The number of rotatable bonds is 1. The number of ketones is 1.